The van der Waals surface area contributed by atoms with Crippen LogP contribution in [0.25, 0.3) is 0 Å². The molecule has 0 aliphatic heterocycles. The van der Waals surface area contributed by atoms with Crippen LogP contribution < -0.4 is 29.4 Å². The molecule has 0 rings (SSSR count). The predicted molar refractivity (Wildman–Crippen MR) is 15.2 cm³/mol. The van der Waals surface area contributed by atoms with Gasteiger partial charge in [-0.3, -0.25) is 0 Å². The van der Waals surface area contributed by atoms with E-state index in [1.54, 1.807) is 0 Å². The van der Waals surface area contributed by atoms with Gasteiger partial charge in [-0.15, -0.1) is 0 Å². The second kappa shape index (κ2) is 10.1. The van der Waals surface area contributed by atoms with Gasteiger partial charge in [-0.1, -0.05) is 0 Å². The molecule has 0 atom stereocenters. The minimum atomic E-state index is -5.39. The van der Waals surface area contributed by atoms with Crippen LogP contribution in [-0.2, 0) is 41.8 Å². The Hall–Kier alpha value is 2.57. The van der Waals surface area contributed by atoms with Gasteiger partial charge in [0.1, 0.15) is 0 Å². The summed E-state index contributed by atoms with van der Waals surface area (Å²) in [5, 5.41) is 0. The summed E-state index contributed by atoms with van der Waals surface area (Å²) in [6.07, 6.45) is 0. The monoisotopic (exact) mass is 445 g/mol. The minimum absolute atomic E-state index is 0. The Labute approximate surface area is 122 Å². The van der Waals surface area contributed by atoms with Gasteiger partial charge in [0.25, 0.3) is 0 Å². The molecule has 0 amide bonds. The normalized spacial score (nSPS) is 9.83. The van der Waals surface area contributed by atoms with Gasteiger partial charge in [0, 0.05) is 0 Å². The Morgan fingerprint density at radius 3 is 0.667 bits per heavy atom. The maximum Gasteiger partial charge on any atom is 3.00 e. The first-order valence-corrected chi connectivity index (χ1v) is 4.38. The standard InChI is InChI=1S/Er.2H3O4P.Y/c;2*1-5(2,3)4;/h;2*(H3,1,2,3,4);/q+3;;;+3/p-6. The topological polar surface area (TPSA) is 172 Å². The Bertz CT molecular complexity index is 129. The maximum absolute atomic E-state index is 8.55. The molecule has 0 N–H and O–H groups in total. The van der Waals surface area contributed by atoms with E-state index in [1.165, 1.54) is 0 Å². The van der Waals surface area contributed by atoms with Crippen LogP contribution in [0.15, 0.2) is 0 Å². The Kier molecular flexibility index (Phi) is 20.2. The van der Waals surface area contributed by atoms with E-state index in [9.17, 15) is 0 Å². The van der Waals surface area contributed by atoms with Crippen molar-refractivity contribution in [3.63, 3.8) is 0 Å². The van der Waals surface area contributed by atoms with E-state index in [0.29, 0.717) is 0 Å². The van der Waals surface area contributed by atoms with E-state index in [1.807, 2.05) is 0 Å². The van der Waals surface area contributed by atoms with Crippen molar-refractivity contribution in [1.29, 1.82) is 0 Å². The fourth-order valence-electron chi connectivity index (χ4n) is 0. The summed E-state index contributed by atoms with van der Waals surface area (Å²) in [5.74, 6) is 0. The third-order valence-electron chi connectivity index (χ3n) is 0. The first-order valence-electron chi connectivity index (χ1n) is 1.46. The molecular formula is ErO8P2Y. The zero-order valence-corrected chi connectivity index (χ0v) is 11.5. The molecule has 0 aliphatic carbocycles. The fraction of sp³-hybridized carbons (Fsp3) is 0. The van der Waals surface area contributed by atoms with Gasteiger partial charge in [0.15, 0.2) is 0 Å². The number of hydrogen-bond acceptors (Lipinski definition) is 8. The number of rotatable bonds is 0. The van der Waals surface area contributed by atoms with Crippen molar-refractivity contribution in [2.24, 2.45) is 0 Å². The molecule has 0 saturated carbocycles. The summed E-state index contributed by atoms with van der Waals surface area (Å²) >= 11 is 0. The van der Waals surface area contributed by atoms with Gasteiger partial charge in [0.05, 0.1) is 0 Å². The van der Waals surface area contributed by atoms with E-state index in [4.69, 9.17) is 38.5 Å². The SMILES string of the molecule is O=P([O-])([O-])[O-].O=P([O-])([O-])[O-].[Er+3].[Y+3]. The Balaban J connectivity index is -0.0000000457. The van der Waals surface area contributed by atoms with Crippen LogP contribution in [0.4, 0.5) is 0 Å². The minimum Gasteiger partial charge on any atom is -0.822 e. The third-order valence-corrected chi connectivity index (χ3v) is 0. The van der Waals surface area contributed by atoms with Crippen LogP contribution >= 0.6 is 15.6 Å². The number of hydrogen-bond donors (Lipinski definition) is 0. The summed E-state index contributed by atoms with van der Waals surface area (Å²) in [7, 11) is -10.8. The van der Waals surface area contributed by atoms with E-state index < -0.39 is 15.6 Å². The van der Waals surface area contributed by atoms with E-state index >= 15 is 0 Å². The van der Waals surface area contributed by atoms with Crippen molar-refractivity contribution < 1.29 is 109 Å². The summed E-state index contributed by atoms with van der Waals surface area (Å²) in [5.41, 5.74) is 0. The quantitative estimate of drug-likeness (QED) is 0.331. The molecule has 73 valence electrons. The first-order chi connectivity index (χ1) is 4.00. The van der Waals surface area contributed by atoms with Gasteiger partial charge in [-0.25, -0.2) is 0 Å². The van der Waals surface area contributed by atoms with Crippen molar-refractivity contribution >= 4 is 15.6 Å². The van der Waals surface area contributed by atoms with Gasteiger partial charge in [0.2, 0.25) is 0 Å². The van der Waals surface area contributed by atoms with Crippen molar-refractivity contribution in [1.82, 2.24) is 0 Å². The van der Waals surface area contributed by atoms with Gasteiger partial charge < -0.3 is 38.5 Å². The summed E-state index contributed by atoms with van der Waals surface area (Å²) in [4.78, 5) is 51.3. The van der Waals surface area contributed by atoms with Crippen LogP contribution in [0.3, 0.4) is 0 Å². The third kappa shape index (κ3) is 255. The second-order valence-corrected chi connectivity index (χ2v) is 2.68. The average Bonchev–Trinajstić information content (AvgIpc) is 1.12. The smallest absolute Gasteiger partial charge is 0.822 e. The van der Waals surface area contributed by atoms with Crippen LogP contribution in [-0.4, -0.2) is 0 Å². The molecule has 8 nitrogen and oxygen atoms in total. The van der Waals surface area contributed by atoms with Crippen LogP contribution in [0, 0.1) is 37.3 Å². The van der Waals surface area contributed by atoms with E-state index in [2.05, 4.69) is 0 Å². The molecule has 0 aromatic carbocycles. The second-order valence-electron chi connectivity index (χ2n) is 0.894. The van der Waals surface area contributed by atoms with Crippen LogP contribution in [0.1, 0.15) is 0 Å². The van der Waals surface area contributed by atoms with E-state index in [0.717, 1.165) is 0 Å². The van der Waals surface area contributed by atoms with Gasteiger partial charge in [-0.2, -0.15) is 15.6 Å². The maximum atomic E-state index is 8.55. The molecule has 12 heavy (non-hydrogen) atoms. The molecule has 12 heteroatoms. The van der Waals surface area contributed by atoms with E-state index in [-0.39, 0.29) is 70.0 Å². The molecule has 0 aliphatic rings. The largest absolute Gasteiger partial charge is 3.00 e. The zero-order valence-electron chi connectivity index (χ0n) is 5.03. The summed E-state index contributed by atoms with van der Waals surface area (Å²) in [6.45, 7) is 0. The molecule has 0 aromatic rings. The molecule has 0 heterocycles. The molecule has 0 aromatic heterocycles. The molecule has 1 radical (unpaired) electrons. The van der Waals surface area contributed by atoms with Gasteiger partial charge in [-0.05, 0) is 0 Å². The molecule has 0 spiro atoms. The van der Waals surface area contributed by atoms with Crippen molar-refractivity contribution in [3.05, 3.63) is 0 Å². The Morgan fingerprint density at radius 2 is 0.667 bits per heavy atom. The molecule has 0 unspecified atom stereocenters. The van der Waals surface area contributed by atoms with Crippen molar-refractivity contribution in [2.75, 3.05) is 0 Å². The molecular weight excluding hydrogens is 446 g/mol. The van der Waals surface area contributed by atoms with Crippen molar-refractivity contribution in [2.45, 2.75) is 0 Å². The Morgan fingerprint density at radius 1 is 0.667 bits per heavy atom. The summed E-state index contributed by atoms with van der Waals surface area (Å²) < 4.78 is 17.1. The fourth-order valence-corrected chi connectivity index (χ4v) is 0. The van der Waals surface area contributed by atoms with Gasteiger partial charge >= 0.3 is 70.0 Å². The molecule has 0 bridgehead atoms. The number of phosphoric acid groups is 2. The zero-order chi connectivity index (χ0) is 9.00. The van der Waals surface area contributed by atoms with Crippen molar-refractivity contribution in [3.8, 4) is 0 Å². The first kappa shape index (κ1) is 24.0. The average molecular weight is 446 g/mol. The van der Waals surface area contributed by atoms with Crippen LogP contribution in [0.2, 0.25) is 0 Å². The molecule has 0 saturated heterocycles. The van der Waals surface area contributed by atoms with Crippen LogP contribution in [0.5, 0.6) is 0 Å². The summed E-state index contributed by atoms with van der Waals surface area (Å²) in [6, 6.07) is 0. The predicted octanol–water partition coefficient (Wildman–Crippen LogP) is -5.65. The molecule has 0 fully saturated rings.